The minimum Gasteiger partial charge on any atom is -0.462 e. The molecule has 168 valence electrons. The lowest BCUT2D eigenvalue weighted by molar-refractivity contribution is -0.130. The monoisotopic (exact) mass is 445 g/mol. The Morgan fingerprint density at radius 3 is 2.58 bits per heavy atom. The van der Waals surface area contributed by atoms with Crippen molar-refractivity contribution >= 4 is 29.2 Å². The largest absolute Gasteiger partial charge is 0.462 e. The summed E-state index contributed by atoms with van der Waals surface area (Å²) in [6.45, 7) is 9.08. The van der Waals surface area contributed by atoms with Crippen molar-refractivity contribution in [3.63, 3.8) is 0 Å². The number of amides is 1. The quantitative estimate of drug-likeness (QED) is 0.350. The maximum atomic E-state index is 12.7. The molecule has 1 amide bonds. The number of nitrogens with zero attached hydrogens (tertiary/aromatic N) is 3. The molecule has 1 aromatic carbocycles. The third kappa shape index (κ3) is 7.06. The molecule has 1 aromatic heterocycles. The average molecular weight is 446 g/mol. The number of likely N-dealkylation sites (N-methyl/N-ethyl adjacent to an activating group) is 1. The van der Waals surface area contributed by atoms with Gasteiger partial charge < -0.3 is 20.3 Å². The molecule has 0 spiro atoms. The maximum Gasteiger partial charge on any atom is 0.350 e. The molecule has 1 heterocycles. The standard InChI is InChI=1S/C22H31N5O3S/c1-6-27(14-17-11-9-8-10-12-17)18(28)13-24-22(23-5)26-16(4)20-25-15(3)19(31-20)21(29)30-7-2/h8-12,16H,6-7,13-14H2,1-5H3,(H2,23,24,26). The van der Waals surface area contributed by atoms with Crippen LogP contribution in [0, 0.1) is 6.92 Å². The molecule has 1 atom stereocenters. The van der Waals surface area contributed by atoms with Gasteiger partial charge in [-0.3, -0.25) is 9.79 Å². The summed E-state index contributed by atoms with van der Waals surface area (Å²) in [5.41, 5.74) is 1.73. The number of thiazole rings is 1. The third-order valence-electron chi connectivity index (χ3n) is 4.58. The molecule has 9 heteroatoms. The highest BCUT2D eigenvalue weighted by molar-refractivity contribution is 7.13. The molecule has 0 bridgehead atoms. The van der Waals surface area contributed by atoms with Crippen molar-refractivity contribution in [2.45, 2.75) is 40.3 Å². The number of aryl methyl sites for hydroxylation is 1. The van der Waals surface area contributed by atoms with Gasteiger partial charge in [0.15, 0.2) is 5.96 Å². The molecule has 0 fully saturated rings. The van der Waals surface area contributed by atoms with Crippen molar-refractivity contribution in [3.05, 3.63) is 51.5 Å². The Morgan fingerprint density at radius 1 is 1.26 bits per heavy atom. The van der Waals surface area contributed by atoms with E-state index in [1.54, 1.807) is 25.8 Å². The normalized spacial score (nSPS) is 12.2. The predicted molar refractivity (Wildman–Crippen MR) is 123 cm³/mol. The number of carbonyl (C=O) groups is 2. The van der Waals surface area contributed by atoms with E-state index in [4.69, 9.17) is 4.74 Å². The van der Waals surface area contributed by atoms with Gasteiger partial charge >= 0.3 is 5.97 Å². The van der Waals surface area contributed by atoms with Gasteiger partial charge in [-0.15, -0.1) is 11.3 Å². The highest BCUT2D eigenvalue weighted by Gasteiger charge is 2.20. The second-order valence-electron chi connectivity index (χ2n) is 6.87. The van der Waals surface area contributed by atoms with Crippen LogP contribution in [-0.2, 0) is 16.1 Å². The zero-order valence-electron chi connectivity index (χ0n) is 18.8. The number of aromatic nitrogens is 1. The van der Waals surface area contributed by atoms with E-state index in [1.165, 1.54) is 11.3 Å². The minimum absolute atomic E-state index is 0.0170. The van der Waals surface area contributed by atoms with E-state index in [0.29, 0.717) is 36.2 Å². The molecule has 0 aliphatic carbocycles. The van der Waals surface area contributed by atoms with Gasteiger partial charge in [0.05, 0.1) is 24.9 Å². The van der Waals surface area contributed by atoms with Gasteiger partial charge in [0.25, 0.3) is 0 Å². The fourth-order valence-electron chi connectivity index (χ4n) is 2.90. The van der Waals surface area contributed by atoms with Gasteiger partial charge in [-0.25, -0.2) is 9.78 Å². The van der Waals surface area contributed by atoms with E-state index in [1.807, 2.05) is 44.2 Å². The summed E-state index contributed by atoms with van der Waals surface area (Å²) >= 11 is 1.30. The number of hydrogen-bond acceptors (Lipinski definition) is 6. The number of hydrogen-bond donors (Lipinski definition) is 2. The molecule has 2 N–H and O–H groups in total. The molecule has 8 nitrogen and oxygen atoms in total. The molecule has 2 rings (SSSR count). The first-order valence-corrected chi connectivity index (χ1v) is 11.1. The molecule has 2 aromatic rings. The zero-order valence-corrected chi connectivity index (χ0v) is 19.6. The van der Waals surface area contributed by atoms with Crippen molar-refractivity contribution in [3.8, 4) is 0 Å². The molecule has 1 unspecified atom stereocenters. The van der Waals surface area contributed by atoms with Crippen molar-refractivity contribution in [2.75, 3.05) is 26.7 Å². The summed E-state index contributed by atoms with van der Waals surface area (Å²) in [7, 11) is 1.64. The Morgan fingerprint density at radius 2 is 1.97 bits per heavy atom. The summed E-state index contributed by atoms with van der Waals surface area (Å²) in [4.78, 5) is 35.7. The predicted octanol–water partition coefficient (Wildman–Crippen LogP) is 2.90. The van der Waals surface area contributed by atoms with Crippen LogP contribution in [0.1, 0.15) is 52.7 Å². The fraction of sp³-hybridized carbons (Fsp3) is 0.455. The van der Waals surface area contributed by atoms with Gasteiger partial charge in [-0.2, -0.15) is 0 Å². The van der Waals surface area contributed by atoms with Crippen LogP contribution in [0.5, 0.6) is 0 Å². The smallest absolute Gasteiger partial charge is 0.350 e. The van der Waals surface area contributed by atoms with Crippen LogP contribution >= 0.6 is 11.3 Å². The summed E-state index contributed by atoms with van der Waals surface area (Å²) < 4.78 is 5.08. The summed E-state index contributed by atoms with van der Waals surface area (Å²) in [6.07, 6.45) is 0. The molecule has 31 heavy (non-hydrogen) atoms. The van der Waals surface area contributed by atoms with E-state index in [0.717, 1.165) is 10.6 Å². The van der Waals surface area contributed by atoms with Crippen LogP contribution in [0.3, 0.4) is 0 Å². The maximum absolute atomic E-state index is 12.7. The number of guanidine groups is 1. The zero-order chi connectivity index (χ0) is 22.8. The van der Waals surface area contributed by atoms with E-state index < -0.39 is 0 Å². The highest BCUT2D eigenvalue weighted by Crippen LogP contribution is 2.24. The van der Waals surface area contributed by atoms with Crippen molar-refractivity contribution in [1.29, 1.82) is 0 Å². The molecule has 0 saturated carbocycles. The van der Waals surface area contributed by atoms with Gasteiger partial charge in [0.1, 0.15) is 9.88 Å². The van der Waals surface area contributed by atoms with Crippen molar-refractivity contribution in [2.24, 2.45) is 4.99 Å². The summed E-state index contributed by atoms with van der Waals surface area (Å²) in [5.74, 6) is 0.112. The molecule has 0 aliphatic rings. The Bertz CT molecular complexity index is 898. The first kappa shape index (κ1) is 24.3. The second-order valence-corrected chi connectivity index (χ2v) is 7.90. The summed E-state index contributed by atoms with van der Waals surface area (Å²) in [6, 6.07) is 9.71. The lowest BCUT2D eigenvalue weighted by Crippen LogP contribution is -2.45. The van der Waals surface area contributed by atoms with Crippen LogP contribution in [0.25, 0.3) is 0 Å². The van der Waals surface area contributed by atoms with Gasteiger partial charge in [0.2, 0.25) is 5.91 Å². The van der Waals surface area contributed by atoms with Crippen LogP contribution in [0.4, 0.5) is 0 Å². The number of benzene rings is 1. The van der Waals surface area contributed by atoms with E-state index in [9.17, 15) is 9.59 Å². The molecular formula is C22H31N5O3S. The summed E-state index contributed by atoms with van der Waals surface area (Å²) in [5, 5.41) is 7.03. The van der Waals surface area contributed by atoms with Crippen molar-refractivity contribution in [1.82, 2.24) is 20.5 Å². The molecule has 0 aliphatic heterocycles. The van der Waals surface area contributed by atoms with E-state index in [2.05, 4.69) is 20.6 Å². The van der Waals surface area contributed by atoms with Crippen LogP contribution < -0.4 is 10.6 Å². The molecule has 0 radical (unpaired) electrons. The number of carbonyl (C=O) groups excluding carboxylic acids is 2. The lowest BCUT2D eigenvalue weighted by atomic mass is 10.2. The van der Waals surface area contributed by atoms with Crippen LogP contribution in [-0.4, -0.2) is 54.5 Å². The second kappa shape index (κ2) is 12.0. The topological polar surface area (TPSA) is 95.9 Å². The minimum atomic E-state index is -0.359. The Labute approximate surface area is 187 Å². The van der Waals surface area contributed by atoms with Crippen molar-refractivity contribution < 1.29 is 14.3 Å². The Kier molecular flexibility index (Phi) is 9.45. The van der Waals surface area contributed by atoms with Gasteiger partial charge in [-0.1, -0.05) is 30.3 Å². The molecule has 0 saturated heterocycles. The number of esters is 1. The third-order valence-corrected chi connectivity index (χ3v) is 5.90. The Hall–Kier alpha value is -2.94. The van der Waals surface area contributed by atoms with Gasteiger partial charge in [0, 0.05) is 20.1 Å². The number of aliphatic imine (C=N–C) groups is 1. The number of rotatable bonds is 9. The lowest BCUT2D eigenvalue weighted by Gasteiger charge is -2.22. The first-order chi connectivity index (χ1) is 14.9. The highest BCUT2D eigenvalue weighted by atomic mass is 32.1. The fourth-order valence-corrected chi connectivity index (χ4v) is 3.86. The molecular weight excluding hydrogens is 414 g/mol. The van der Waals surface area contributed by atoms with Crippen LogP contribution in [0.15, 0.2) is 35.3 Å². The Balaban J connectivity index is 1.93. The number of nitrogens with one attached hydrogen (secondary N) is 2. The van der Waals surface area contributed by atoms with E-state index in [-0.39, 0.29) is 24.5 Å². The SMILES string of the molecule is CCOC(=O)c1sc(C(C)NC(=NC)NCC(=O)N(CC)Cc2ccccc2)nc1C. The van der Waals surface area contributed by atoms with E-state index >= 15 is 0 Å². The number of ether oxygens (including phenoxy) is 1. The van der Waals surface area contributed by atoms with Crippen LogP contribution in [0.2, 0.25) is 0 Å². The first-order valence-electron chi connectivity index (χ1n) is 10.3. The van der Waals surface area contributed by atoms with Gasteiger partial charge in [-0.05, 0) is 33.3 Å². The average Bonchev–Trinajstić information content (AvgIpc) is 3.17.